The number of para-hydroxylation sites is 1. The minimum absolute atomic E-state index is 0.00899. The fraction of sp³-hybridized carbons (Fsp3) is 0.412. The van der Waals surface area contributed by atoms with Crippen molar-refractivity contribution >= 4 is 22.0 Å². The molecule has 2 aromatic rings. The number of carbonyl (C=O) groups excluding carboxylic acids is 1. The van der Waals surface area contributed by atoms with E-state index in [9.17, 15) is 13.2 Å². The molecule has 156 valence electrons. The van der Waals surface area contributed by atoms with Crippen molar-refractivity contribution in [2.45, 2.75) is 18.2 Å². The summed E-state index contributed by atoms with van der Waals surface area (Å²) in [6.07, 6.45) is 0.852. The molecule has 0 saturated carbocycles. The topological polar surface area (TPSA) is 142 Å². The maximum absolute atomic E-state index is 12.7. The van der Waals surface area contributed by atoms with Crippen LogP contribution in [0.15, 0.2) is 29.2 Å². The summed E-state index contributed by atoms with van der Waals surface area (Å²) in [7, 11) is -2.84. The van der Waals surface area contributed by atoms with Crippen LogP contribution in [0.4, 0.5) is 10.7 Å². The van der Waals surface area contributed by atoms with Crippen LogP contribution in [0.1, 0.15) is 12.2 Å². The van der Waals surface area contributed by atoms with Crippen LogP contribution in [0.25, 0.3) is 0 Å². The Balaban J connectivity index is 1.70. The highest BCUT2D eigenvalue weighted by atomic mass is 32.2. The summed E-state index contributed by atoms with van der Waals surface area (Å²) >= 11 is 0. The quantitative estimate of drug-likeness (QED) is 0.670. The van der Waals surface area contributed by atoms with E-state index in [4.69, 9.17) is 14.2 Å². The van der Waals surface area contributed by atoms with Crippen molar-refractivity contribution in [3.05, 3.63) is 30.1 Å². The number of ether oxygens (including phenoxy) is 3. The van der Waals surface area contributed by atoms with Gasteiger partial charge in [-0.2, -0.15) is 15.0 Å². The number of aryl methyl sites for hydroxylation is 1. The molecule has 12 heteroatoms. The Labute approximate surface area is 167 Å². The van der Waals surface area contributed by atoms with E-state index < -0.39 is 16.1 Å². The molecule has 0 bridgehead atoms. The maximum atomic E-state index is 12.7. The average Bonchev–Trinajstić information content (AvgIpc) is 3.19. The third kappa shape index (κ3) is 5.51. The Hall–Kier alpha value is -2.99. The van der Waals surface area contributed by atoms with Crippen LogP contribution in [-0.4, -0.2) is 56.3 Å². The monoisotopic (exact) mass is 423 g/mol. The lowest BCUT2D eigenvalue weighted by atomic mass is 10.1. The molecule has 2 amide bonds. The molecule has 1 saturated heterocycles. The van der Waals surface area contributed by atoms with Gasteiger partial charge in [0, 0.05) is 12.5 Å². The first-order valence-corrected chi connectivity index (χ1v) is 10.3. The highest BCUT2D eigenvalue weighted by Crippen LogP contribution is 2.25. The van der Waals surface area contributed by atoms with Crippen molar-refractivity contribution in [3.63, 3.8) is 0 Å². The van der Waals surface area contributed by atoms with Crippen LogP contribution in [0.3, 0.4) is 0 Å². The van der Waals surface area contributed by atoms with Crippen molar-refractivity contribution in [2.75, 3.05) is 32.2 Å². The molecule has 0 radical (unpaired) electrons. The van der Waals surface area contributed by atoms with Crippen molar-refractivity contribution in [3.8, 4) is 11.8 Å². The molecular weight excluding hydrogens is 402 g/mol. The molecule has 0 aliphatic carbocycles. The summed E-state index contributed by atoms with van der Waals surface area (Å²) in [6.45, 7) is 3.14. The molecule has 29 heavy (non-hydrogen) atoms. The molecule has 1 aromatic carbocycles. The van der Waals surface area contributed by atoms with Gasteiger partial charge in [-0.1, -0.05) is 12.1 Å². The van der Waals surface area contributed by atoms with Gasteiger partial charge >= 0.3 is 12.0 Å². The Bertz CT molecular complexity index is 978. The first kappa shape index (κ1) is 20.7. The first-order valence-electron chi connectivity index (χ1n) is 8.77. The zero-order valence-corrected chi connectivity index (χ0v) is 16.7. The van der Waals surface area contributed by atoms with Crippen molar-refractivity contribution in [1.82, 2.24) is 19.7 Å². The number of methoxy groups -OCH3 is 1. The number of sulfonamides is 1. The van der Waals surface area contributed by atoms with E-state index in [1.54, 1.807) is 13.0 Å². The molecule has 1 fully saturated rings. The standard InChI is InChI=1S/C17H21N5O6S/c1-11-18-15(21-17(19-11)26-2)20-16(23)22-29(24,25)14-6-4-3-5-13(14)28-10-12-7-8-27-9-12/h3-6,12H,7-10H2,1-2H3,(H2,18,19,20,21,22,23). The van der Waals surface area contributed by atoms with Gasteiger partial charge < -0.3 is 14.2 Å². The number of benzene rings is 1. The second-order valence-corrected chi connectivity index (χ2v) is 7.89. The molecule has 1 aliphatic heterocycles. The smallest absolute Gasteiger partial charge is 0.335 e. The van der Waals surface area contributed by atoms with Crippen molar-refractivity contribution < 1.29 is 27.4 Å². The van der Waals surface area contributed by atoms with Gasteiger partial charge in [0.1, 0.15) is 16.5 Å². The van der Waals surface area contributed by atoms with E-state index in [-0.39, 0.29) is 28.5 Å². The molecule has 0 spiro atoms. The van der Waals surface area contributed by atoms with Gasteiger partial charge in [0.05, 0.1) is 20.3 Å². The van der Waals surface area contributed by atoms with Crippen LogP contribution in [0.5, 0.6) is 11.8 Å². The number of hydrogen-bond acceptors (Lipinski definition) is 9. The predicted molar refractivity (Wildman–Crippen MR) is 101 cm³/mol. The number of hydrogen-bond donors (Lipinski definition) is 2. The van der Waals surface area contributed by atoms with E-state index in [0.29, 0.717) is 25.6 Å². The third-order valence-corrected chi connectivity index (χ3v) is 5.37. The number of anilines is 1. The number of aromatic nitrogens is 3. The molecule has 1 atom stereocenters. The Morgan fingerprint density at radius 3 is 2.79 bits per heavy atom. The Morgan fingerprint density at radius 1 is 1.28 bits per heavy atom. The normalized spacial score (nSPS) is 16.3. The predicted octanol–water partition coefficient (Wildman–Crippen LogP) is 1.11. The van der Waals surface area contributed by atoms with Gasteiger partial charge in [-0.05, 0) is 25.5 Å². The summed E-state index contributed by atoms with van der Waals surface area (Å²) in [5, 5.41) is 2.25. The maximum Gasteiger partial charge on any atom is 0.335 e. The Kier molecular flexibility index (Phi) is 6.44. The summed E-state index contributed by atoms with van der Waals surface area (Å²) < 4.78 is 43.1. The Morgan fingerprint density at radius 2 is 2.07 bits per heavy atom. The van der Waals surface area contributed by atoms with Gasteiger partial charge in [0.15, 0.2) is 0 Å². The van der Waals surface area contributed by atoms with Crippen LogP contribution >= 0.6 is 0 Å². The summed E-state index contributed by atoms with van der Waals surface area (Å²) in [5.74, 6) is 0.499. The summed E-state index contributed by atoms with van der Waals surface area (Å²) in [5.41, 5.74) is 0. The summed E-state index contributed by atoms with van der Waals surface area (Å²) in [4.78, 5) is 23.7. The van der Waals surface area contributed by atoms with E-state index in [0.717, 1.165) is 6.42 Å². The minimum Gasteiger partial charge on any atom is -0.492 e. The molecule has 1 aromatic heterocycles. The van der Waals surface area contributed by atoms with Gasteiger partial charge in [-0.25, -0.2) is 17.9 Å². The molecule has 1 aliphatic rings. The minimum atomic E-state index is -4.20. The van der Waals surface area contributed by atoms with Crippen molar-refractivity contribution in [2.24, 2.45) is 5.92 Å². The molecule has 2 N–H and O–H groups in total. The van der Waals surface area contributed by atoms with E-state index in [1.807, 2.05) is 4.72 Å². The fourth-order valence-electron chi connectivity index (χ4n) is 2.62. The highest BCUT2D eigenvalue weighted by Gasteiger charge is 2.24. The number of amides is 2. The molecule has 1 unspecified atom stereocenters. The number of urea groups is 1. The van der Waals surface area contributed by atoms with Crippen LogP contribution in [0, 0.1) is 12.8 Å². The molecular formula is C17H21N5O6S. The van der Waals surface area contributed by atoms with Gasteiger partial charge in [-0.15, -0.1) is 0 Å². The number of carbonyl (C=O) groups is 1. The number of rotatable bonds is 7. The SMILES string of the molecule is COc1nc(C)nc(NC(=O)NS(=O)(=O)c2ccccc2OCC2CCOC2)n1. The first-order chi connectivity index (χ1) is 13.9. The zero-order valence-electron chi connectivity index (χ0n) is 15.9. The lowest BCUT2D eigenvalue weighted by molar-refractivity contribution is 0.166. The number of nitrogens with one attached hydrogen (secondary N) is 2. The van der Waals surface area contributed by atoms with Crippen LogP contribution in [0.2, 0.25) is 0 Å². The average molecular weight is 423 g/mol. The second-order valence-electron chi connectivity index (χ2n) is 6.24. The second kappa shape index (κ2) is 9.01. The largest absolute Gasteiger partial charge is 0.492 e. The van der Waals surface area contributed by atoms with Crippen molar-refractivity contribution in [1.29, 1.82) is 0 Å². The van der Waals surface area contributed by atoms with E-state index >= 15 is 0 Å². The molecule has 11 nitrogen and oxygen atoms in total. The van der Waals surface area contributed by atoms with Crippen LogP contribution < -0.4 is 19.5 Å². The van der Waals surface area contributed by atoms with E-state index in [2.05, 4.69) is 20.3 Å². The van der Waals surface area contributed by atoms with E-state index in [1.165, 1.54) is 25.3 Å². The van der Waals surface area contributed by atoms with Gasteiger partial charge in [0.25, 0.3) is 10.0 Å². The van der Waals surface area contributed by atoms with Crippen LogP contribution in [-0.2, 0) is 14.8 Å². The summed E-state index contributed by atoms with van der Waals surface area (Å²) in [6, 6.07) is 5.04. The highest BCUT2D eigenvalue weighted by molar-refractivity contribution is 7.90. The zero-order chi connectivity index (χ0) is 20.9. The van der Waals surface area contributed by atoms with Gasteiger partial charge in [-0.3, -0.25) is 5.32 Å². The molecule has 3 rings (SSSR count). The number of nitrogens with zero attached hydrogens (tertiary/aromatic N) is 3. The third-order valence-electron chi connectivity index (χ3n) is 4.00. The van der Waals surface area contributed by atoms with Gasteiger partial charge in [0.2, 0.25) is 5.95 Å². The molecule has 2 heterocycles. The lowest BCUT2D eigenvalue weighted by Gasteiger charge is -2.14. The fourth-order valence-corrected chi connectivity index (χ4v) is 3.68. The lowest BCUT2D eigenvalue weighted by Crippen LogP contribution is -2.35.